The summed E-state index contributed by atoms with van der Waals surface area (Å²) in [5.74, 6) is -0.111. The van der Waals surface area contributed by atoms with E-state index in [1.165, 1.54) is 23.9 Å². The van der Waals surface area contributed by atoms with Gasteiger partial charge in [0.25, 0.3) is 0 Å². The van der Waals surface area contributed by atoms with Crippen LogP contribution >= 0.6 is 0 Å². The third kappa shape index (κ3) is 3.20. The molecule has 1 aliphatic heterocycles. The first kappa shape index (κ1) is 17.7. The molecule has 0 bridgehead atoms. The van der Waals surface area contributed by atoms with E-state index in [1.54, 1.807) is 42.6 Å². The summed E-state index contributed by atoms with van der Waals surface area (Å²) >= 11 is 0. The van der Waals surface area contributed by atoms with E-state index in [-0.39, 0.29) is 24.1 Å². The van der Waals surface area contributed by atoms with Crippen LogP contribution in [0.2, 0.25) is 0 Å². The number of benzene rings is 2. The standard InChI is InChI=1S/C20H17FN4O3/c1-28-17-5-3-2-4-15(17)23-20(27)16-10-18(26)24-19-14(11-22-25(16)19)12-6-8-13(21)9-7-12/h2-9,11,16H,10H2,1H3,(H,23,27)(H,24,26)/t16-/m0/s1. The lowest BCUT2D eigenvalue weighted by Gasteiger charge is -2.25. The number of fused-ring (bicyclic) bond motifs is 1. The summed E-state index contributed by atoms with van der Waals surface area (Å²) < 4.78 is 19.9. The maximum Gasteiger partial charge on any atom is 0.249 e. The first-order chi connectivity index (χ1) is 13.6. The second-order valence-electron chi connectivity index (χ2n) is 6.32. The molecule has 0 aliphatic carbocycles. The number of hydrogen-bond donors (Lipinski definition) is 2. The number of nitrogens with zero attached hydrogens (tertiary/aromatic N) is 2. The number of amides is 2. The van der Waals surface area contributed by atoms with Crippen LogP contribution in [0.3, 0.4) is 0 Å². The molecule has 7 nitrogen and oxygen atoms in total. The average Bonchev–Trinajstić information content (AvgIpc) is 3.12. The van der Waals surface area contributed by atoms with Gasteiger partial charge in [0.05, 0.1) is 25.4 Å². The van der Waals surface area contributed by atoms with Crippen LogP contribution in [0, 0.1) is 5.82 Å². The molecule has 1 aromatic heterocycles. The zero-order valence-electron chi connectivity index (χ0n) is 15.0. The molecule has 0 saturated heterocycles. The summed E-state index contributed by atoms with van der Waals surface area (Å²) in [7, 11) is 1.51. The normalized spacial score (nSPS) is 15.5. The first-order valence-corrected chi connectivity index (χ1v) is 8.64. The zero-order chi connectivity index (χ0) is 19.7. The van der Waals surface area contributed by atoms with Gasteiger partial charge in [0, 0.05) is 5.56 Å². The number of hydrogen-bond acceptors (Lipinski definition) is 4. The molecule has 1 aliphatic rings. The quantitative estimate of drug-likeness (QED) is 0.728. The molecular formula is C20H17FN4O3. The Hall–Kier alpha value is -3.68. The highest BCUT2D eigenvalue weighted by molar-refractivity contribution is 6.03. The Labute approximate surface area is 160 Å². The molecule has 2 amide bonds. The van der Waals surface area contributed by atoms with Gasteiger partial charge in [-0.3, -0.25) is 9.59 Å². The van der Waals surface area contributed by atoms with Gasteiger partial charge in [0.2, 0.25) is 11.8 Å². The Morgan fingerprint density at radius 1 is 1.25 bits per heavy atom. The van der Waals surface area contributed by atoms with Crippen LogP contribution in [0.15, 0.2) is 54.7 Å². The van der Waals surface area contributed by atoms with E-state index in [9.17, 15) is 14.0 Å². The van der Waals surface area contributed by atoms with Gasteiger partial charge in [0.1, 0.15) is 23.4 Å². The topological polar surface area (TPSA) is 85.2 Å². The van der Waals surface area contributed by atoms with Crippen molar-refractivity contribution in [3.8, 4) is 16.9 Å². The molecule has 0 spiro atoms. The van der Waals surface area contributed by atoms with Crippen molar-refractivity contribution in [2.45, 2.75) is 12.5 Å². The Kier molecular flexibility index (Phi) is 4.52. The van der Waals surface area contributed by atoms with Gasteiger partial charge in [-0.2, -0.15) is 5.10 Å². The fraction of sp³-hybridized carbons (Fsp3) is 0.150. The van der Waals surface area contributed by atoms with Gasteiger partial charge in [-0.15, -0.1) is 0 Å². The van der Waals surface area contributed by atoms with Crippen molar-refractivity contribution in [2.24, 2.45) is 0 Å². The van der Waals surface area contributed by atoms with Gasteiger partial charge in [-0.25, -0.2) is 9.07 Å². The first-order valence-electron chi connectivity index (χ1n) is 8.64. The van der Waals surface area contributed by atoms with E-state index in [2.05, 4.69) is 15.7 Å². The van der Waals surface area contributed by atoms with Gasteiger partial charge in [-0.05, 0) is 29.8 Å². The largest absolute Gasteiger partial charge is 0.495 e. The van der Waals surface area contributed by atoms with Crippen molar-refractivity contribution < 1.29 is 18.7 Å². The van der Waals surface area contributed by atoms with Crippen LogP contribution in [-0.2, 0) is 9.59 Å². The molecule has 28 heavy (non-hydrogen) atoms. The Balaban J connectivity index is 1.66. The SMILES string of the molecule is COc1ccccc1NC(=O)[C@@H]1CC(=O)Nc2c(-c3ccc(F)cc3)cnn21. The molecule has 0 unspecified atom stereocenters. The molecular weight excluding hydrogens is 363 g/mol. The molecule has 0 saturated carbocycles. The predicted octanol–water partition coefficient (Wildman–Crippen LogP) is 3.22. The van der Waals surface area contributed by atoms with E-state index in [4.69, 9.17) is 4.74 Å². The summed E-state index contributed by atoms with van der Waals surface area (Å²) in [4.78, 5) is 25.1. The van der Waals surface area contributed by atoms with Crippen molar-refractivity contribution in [3.63, 3.8) is 0 Å². The fourth-order valence-corrected chi connectivity index (χ4v) is 3.18. The van der Waals surface area contributed by atoms with Gasteiger partial charge in [-0.1, -0.05) is 24.3 Å². The van der Waals surface area contributed by atoms with Crippen LogP contribution in [0.4, 0.5) is 15.9 Å². The lowest BCUT2D eigenvalue weighted by molar-refractivity contribution is -0.125. The van der Waals surface area contributed by atoms with Crippen molar-refractivity contribution >= 4 is 23.3 Å². The van der Waals surface area contributed by atoms with E-state index in [0.29, 0.717) is 28.4 Å². The van der Waals surface area contributed by atoms with E-state index in [0.717, 1.165) is 0 Å². The number of halogens is 1. The lowest BCUT2D eigenvalue weighted by Crippen LogP contribution is -2.35. The summed E-state index contributed by atoms with van der Waals surface area (Å²) in [6.45, 7) is 0. The van der Waals surface area contributed by atoms with Crippen LogP contribution in [-0.4, -0.2) is 28.7 Å². The number of ether oxygens (including phenoxy) is 1. The van der Waals surface area contributed by atoms with Crippen molar-refractivity contribution in [1.29, 1.82) is 0 Å². The number of para-hydroxylation sites is 2. The number of rotatable bonds is 4. The molecule has 2 N–H and O–H groups in total. The Bertz CT molecular complexity index is 1050. The Morgan fingerprint density at radius 3 is 2.75 bits per heavy atom. The molecule has 2 heterocycles. The molecule has 0 radical (unpaired) electrons. The smallest absolute Gasteiger partial charge is 0.249 e. The number of carbonyl (C=O) groups is 2. The average molecular weight is 380 g/mol. The Morgan fingerprint density at radius 2 is 2.00 bits per heavy atom. The highest BCUT2D eigenvalue weighted by atomic mass is 19.1. The van der Waals surface area contributed by atoms with Crippen LogP contribution in [0.25, 0.3) is 11.1 Å². The number of nitrogens with one attached hydrogen (secondary N) is 2. The lowest BCUT2D eigenvalue weighted by atomic mass is 10.1. The number of carbonyl (C=O) groups excluding carboxylic acids is 2. The minimum Gasteiger partial charge on any atom is -0.495 e. The van der Waals surface area contributed by atoms with Crippen LogP contribution in [0.1, 0.15) is 12.5 Å². The molecule has 1 atom stereocenters. The highest BCUT2D eigenvalue weighted by Gasteiger charge is 2.33. The maximum atomic E-state index is 13.2. The molecule has 2 aromatic carbocycles. The van der Waals surface area contributed by atoms with E-state index in [1.807, 2.05) is 0 Å². The van der Waals surface area contributed by atoms with Gasteiger partial charge in [0.15, 0.2) is 0 Å². The van der Waals surface area contributed by atoms with Gasteiger partial charge >= 0.3 is 0 Å². The second kappa shape index (κ2) is 7.15. The van der Waals surface area contributed by atoms with Crippen LogP contribution in [0.5, 0.6) is 5.75 Å². The third-order valence-electron chi connectivity index (χ3n) is 4.55. The second-order valence-corrected chi connectivity index (χ2v) is 6.32. The minimum absolute atomic E-state index is 0.0431. The molecule has 8 heteroatoms. The molecule has 142 valence electrons. The third-order valence-corrected chi connectivity index (χ3v) is 4.55. The fourth-order valence-electron chi connectivity index (χ4n) is 3.18. The molecule has 0 fully saturated rings. The van der Waals surface area contributed by atoms with Crippen molar-refractivity contribution in [3.05, 3.63) is 60.5 Å². The predicted molar refractivity (Wildman–Crippen MR) is 102 cm³/mol. The monoisotopic (exact) mass is 380 g/mol. The summed E-state index contributed by atoms with van der Waals surface area (Å²) in [6.07, 6.45) is 1.51. The van der Waals surface area contributed by atoms with E-state index >= 15 is 0 Å². The van der Waals surface area contributed by atoms with Crippen molar-refractivity contribution in [2.75, 3.05) is 17.7 Å². The van der Waals surface area contributed by atoms with Crippen LogP contribution < -0.4 is 15.4 Å². The summed E-state index contributed by atoms with van der Waals surface area (Å²) in [5, 5.41) is 9.84. The maximum absolute atomic E-state index is 13.2. The number of methoxy groups -OCH3 is 1. The number of aromatic nitrogens is 2. The highest BCUT2D eigenvalue weighted by Crippen LogP contribution is 2.35. The minimum atomic E-state index is -0.817. The summed E-state index contributed by atoms with van der Waals surface area (Å²) in [5.41, 5.74) is 1.81. The number of anilines is 2. The molecule has 4 rings (SSSR count). The van der Waals surface area contributed by atoms with Gasteiger partial charge < -0.3 is 15.4 Å². The zero-order valence-corrected chi connectivity index (χ0v) is 15.0. The molecule has 3 aromatic rings. The summed E-state index contributed by atoms with van der Waals surface area (Å²) in [6, 6.07) is 12.0. The van der Waals surface area contributed by atoms with Crippen molar-refractivity contribution in [1.82, 2.24) is 9.78 Å². The van der Waals surface area contributed by atoms with E-state index < -0.39 is 6.04 Å².